The summed E-state index contributed by atoms with van der Waals surface area (Å²) in [5.41, 5.74) is 2.48. The zero-order valence-corrected chi connectivity index (χ0v) is 16.5. The number of benzene rings is 2. The molecule has 0 aliphatic carbocycles. The molecule has 3 aromatic rings. The van der Waals surface area contributed by atoms with Crippen LogP contribution in [-0.4, -0.2) is 36.1 Å². The largest absolute Gasteiger partial charge is 0.497 e. The second-order valence-electron chi connectivity index (χ2n) is 6.35. The SMILES string of the molecule is COc1ccc(OCCNc2cnc(C(=O)NCc3ccccc3C)cn2)cc1. The van der Waals surface area contributed by atoms with E-state index in [-0.39, 0.29) is 11.6 Å². The van der Waals surface area contributed by atoms with E-state index in [2.05, 4.69) is 20.6 Å². The predicted octanol–water partition coefficient (Wildman–Crippen LogP) is 3.21. The van der Waals surface area contributed by atoms with E-state index in [9.17, 15) is 4.79 Å². The number of aryl methyl sites for hydroxylation is 1. The lowest BCUT2D eigenvalue weighted by molar-refractivity contribution is 0.0945. The summed E-state index contributed by atoms with van der Waals surface area (Å²) in [5.74, 6) is 1.88. The highest BCUT2D eigenvalue weighted by Gasteiger charge is 2.08. The first-order chi connectivity index (χ1) is 14.2. The fourth-order valence-corrected chi connectivity index (χ4v) is 2.63. The number of anilines is 1. The Morgan fingerprint density at radius 2 is 1.76 bits per heavy atom. The lowest BCUT2D eigenvalue weighted by Crippen LogP contribution is -2.24. The summed E-state index contributed by atoms with van der Waals surface area (Å²) in [7, 11) is 1.62. The number of hydrogen-bond donors (Lipinski definition) is 2. The van der Waals surface area contributed by atoms with Crippen molar-refractivity contribution in [1.29, 1.82) is 0 Å². The summed E-state index contributed by atoms with van der Waals surface area (Å²) in [5, 5.41) is 5.98. The molecular weight excluding hydrogens is 368 g/mol. The standard InChI is InChI=1S/C22H24N4O3/c1-16-5-3-4-6-17(16)13-26-22(27)20-14-25-21(15-24-20)23-11-12-29-19-9-7-18(28-2)8-10-19/h3-10,14-15H,11-13H2,1-2H3,(H,23,25)(H,26,27). The lowest BCUT2D eigenvalue weighted by atomic mass is 10.1. The number of hydrogen-bond acceptors (Lipinski definition) is 6. The van der Waals surface area contributed by atoms with Gasteiger partial charge in [0.2, 0.25) is 0 Å². The number of nitrogens with one attached hydrogen (secondary N) is 2. The molecule has 1 aromatic heterocycles. The van der Waals surface area contributed by atoms with Crippen molar-refractivity contribution < 1.29 is 14.3 Å². The average Bonchev–Trinajstić information content (AvgIpc) is 2.77. The molecule has 7 heteroatoms. The molecule has 0 aliphatic rings. The molecule has 0 atom stereocenters. The van der Waals surface area contributed by atoms with Gasteiger partial charge in [0.1, 0.15) is 29.6 Å². The highest BCUT2D eigenvalue weighted by atomic mass is 16.5. The van der Waals surface area contributed by atoms with Crippen LogP contribution >= 0.6 is 0 Å². The van der Waals surface area contributed by atoms with Gasteiger partial charge in [-0.3, -0.25) is 4.79 Å². The average molecular weight is 392 g/mol. The van der Waals surface area contributed by atoms with E-state index in [0.29, 0.717) is 25.5 Å². The van der Waals surface area contributed by atoms with Gasteiger partial charge in [-0.2, -0.15) is 0 Å². The monoisotopic (exact) mass is 392 g/mol. The van der Waals surface area contributed by atoms with Crippen LogP contribution in [0.25, 0.3) is 0 Å². The smallest absolute Gasteiger partial charge is 0.271 e. The Balaban J connectivity index is 1.42. The third-order valence-corrected chi connectivity index (χ3v) is 4.32. The van der Waals surface area contributed by atoms with E-state index in [4.69, 9.17) is 9.47 Å². The molecule has 0 aliphatic heterocycles. The van der Waals surface area contributed by atoms with Crippen molar-refractivity contribution in [1.82, 2.24) is 15.3 Å². The molecule has 2 aromatic carbocycles. The Labute approximate surface area is 170 Å². The molecule has 29 heavy (non-hydrogen) atoms. The van der Waals surface area contributed by atoms with E-state index in [1.54, 1.807) is 7.11 Å². The number of ether oxygens (including phenoxy) is 2. The van der Waals surface area contributed by atoms with E-state index in [0.717, 1.165) is 22.6 Å². The van der Waals surface area contributed by atoms with Crippen molar-refractivity contribution in [2.45, 2.75) is 13.5 Å². The van der Waals surface area contributed by atoms with Crippen LogP contribution in [0.15, 0.2) is 60.9 Å². The molecule has 0 spiro atoms. The molecule has 3 rings (SSSR count). The molecule has 1 amide bonds. The molecule has 0 unspecified atom stereocenters. The molecule has 0 radical (unpaired) electrons. The van der Waals surface area contributed by atoms with Crippen LogP contribution in [0.5, 0.6) is 11.5 Å². The van der Waals surface area contributed by atoms with Crippen molar-refractivity contribution in [3.05, 3.63) is 77.7 Å². The minimum Gasteiger partial charge on any atom is -0.497 e. The quantitative estimate of drug-likeness (QED) is 0.544. The molecule has 0 fully saturated rings. The van der Waals surface area contributed by atoms with Crippen molar-refractivity contribution >= 4 is 11.7 Å². The topological polar surface area (TPSA) is 85.4 Å². The van der Waals surface area contributed by atoms with Gasteiger partial charge in [-0.05, 0) is 42.3 Å². The summed E-state index contributed by atoms with van der Waals surface area (Å²) < 4.78 is 10.8. The van der Waals surface area contributed by atoms with Gasteiger partial charge >= 0.3 is 0 Å². The normalized spacial score (nSPS) is 10.3. The number of carbonyl (C=O) groups excluding carboxylic acids is 1. The molecular formula is C22H24N4O3. The van der Waals surface area contributed by atoms with Gasteiger partial charge in [-0.1, -0.05) is 24.3 Å². The zero-order chi connectivity index (χ0) is 20.5. The second-order valence-corrected chi connectivity index (χ2v) is 6.35. The third-order valence-electron chi connectivity index (χ3n) is 4.32. The number of rotatable bonds is 9. The zero-order valence-electron chi connectivity index (χ0n) is 16.5. The molecule has 1 heterocycles. The first-order valence-corrected chi connectivity index (χ1v) is 9.31. The minimum absolute atomic E-state index is 0.254. The number of aromatic nitrogens is 2. The maximum Gasteiger partial charge on any atom is 0.271 e. The van der Waals surface area contributed by atoms with Gasteiger partial charge in [-0.15, -0.1) is 0 Å². The van der Waals surface area contributed by atoms with Gasteiger partial charge < -0.3 is 20.1 Å². The summed E-state index contributed by atoms with van der Waals surface area (Å²) >= 11 is 0. The van der Waals surface area contributed by atoms with Crippen LogP contribution in [0.3, 0.4) is 0 Å². The van der Waals surface area contributed by atoms with Crippen LogP contribution in [-0.2, 0) is 6.54 Å². The van der Waals surface area contributed by atoms with Gasteiger partial charge in [0.25, 0.3) is 5.91 Å². The fraction of sp³-hybridized carbons (Fsp3) is 0.227. The van der Waals surface area contributed by atoms with Crippen molar-refractivity contribution in [3.8, 4) is 11.5 Å². The minimum atomic E-state index is -0.254. The molecule has 0 saturated heterocycles. The van der Waals surface area contributed by atoms with Crippen LogP contribution < -0.4 is 20.1 Å². The van der Waals surface area contributed by atoms with Gasteiger partial charge in [0, 0.05) is 6.54 Å². The van der Waals surface area contributed by atoms with Crippen molar-refractivity contribution in [2.75, 3.05) is 25.6 Å². The Kier molecular flexibility index (Phi) is 7.00. The highest BCUT2D eigenvalue weighted by Crippen LogP contribution is 2.16. The van der Waals surface area contributed by atoms with Gasteiger partial charge in [0.15, 0.2) is 0 Å². The van der Waals surface area contributed by atoms with E-state index < -0.39 is 0 Å². The summed E-state index contributed by atoms with van der Waals surface area (Å²) in [6.45, 7) is 3.49. The second kappa shape index (κ2) is 10.1. The Bertz CT molecular complexity index is 928. The Morgan fingerprint density at radius 1 is 1.00 bits per heavy atom. The van der Waals surface area contributed by atoms with Crippen LogP contribution in [0.1, 0.15) is 21.6 Å². The van der Waals surface area contributed by atoms with E-state index in [1.807, 2.05) is 55.5 Å². The van der Waals surface area contributed by atoms with E-state index in [1.165, 1.54) is 12.4 Å². The number of methoxy groups -OCH3 is 1. The Hall–Kier alpha value is -3.61. The highest BCUT2D eigenvalue weighted by molar-refractivity contribution is 5.91. The first kappa shape index (κ1) is 20.1. The third kappa shape index (κ3) is 5.93. The number of carbonyl (C=O) groups is 1. The molecule has 0 bridgehead atoms. The summed E-state index contributed by atoms with van der Waals surface area (Å²) in [4.78, 5) is 20.7. The molecule has 2 N–H and O–H groups in total. The summed E-state index contributed by atoms with van der Waals surface area (Å²) in [6, 6.07) is 15.3. The van der Waals surface area contributed by atoms with E-state index >= 15 is 0 Å². The predicted molar refractivity (Wildman–Crippen MR) is 111 cm³/mol. The van der Waals surface area contributed by atoms with Crippen LogP contribution in [0, 0.1) is 6.92 Å². The van der Waals surface area contributed by atoms with Crippen molar-refractivity contribution in [3.63, 3.8) is 0 Å². The van der Waals surface area contributed by atoms with Gasteiger partial charge in [0.05, 0.1) is 26.0 Å². The first-order valence-electron chi connectivity index (χ1n) is 9.31. The van der Waals surface area contributed by atoms with Gasteiger partial charge in [-0.25, -0.2) is 9.97 Å². The number of nitrogens with zero attached hydrogens (tertiary/aromatic N) is 2. The molecule has 0 saturated carbocycles. The maximum absolute atomic E-state index is 12.2. The Morgan fingerprint density at radius 3 is 2.45 bits per heavy atom. The lowest BCUT2D eigenvalue weighted by Gasteiger charge is -2.09. The van der Waals surface area contributed by atoms with Crippen molar-refractivity contribution in [2.24, 2.45) is 0 Å². The summed E-state index contributed by atoms with van der Waals surface area (Å²) in [6.07, 6.45) is 3.00. The van der Waals surface area contributed by atoms with Crippen LogP contribution in [0.4, 0.5) is 5.82 Å². The van der Waals surface area contributed by atoms with Crippen LogP contribution in [0.2, 0.25) is 0 Å². The molecule has 150 valence electrons. The fourth-order valence-electron chi connectivity index (χ4n) is 2.63. The maximum atomic E-state index is 12.2. The number of amides is 1. The molecule has 7 nitrogen and oxygen atoms in total.